The Balaban J connectivity index is 1.07. The summed E-state index contributed by atoms with van der Waals surface area (Å²) in [5, 5.41) is 6.47. The van der Waals surface area contributed by atoms with Crippen molar-refractivity contribution < 1.29 is 0 Å². The molecule has 1 aromatic heterocycles. The number of rotatable bonds is 5. The van der Waals surface area contributed by atoms with Gasteiger partial charge < -0.3 is 4.57 Å². The summed E-state index contributed by atoms with van der Waals surface area (Å²) in [4.78, 5) is 0. The molecular formula is C57H47N. The number of benzene rings is 8. The van der Waals surface area contributed by atoms with Crippen LogP contribution < -0.4 is 0 Å². The second kappa shape index (κ2) is 12.5. The molecule has 1 heteroatoms. The van der Waals surface area contributed by atoms with Gasteiger partial charge in [-0.15, -0.1) is 0 Å². The monoisotopic (exact) mass is 745 g/mol. The Morgan fingerprint density at radius 3 is 1.48 bits per heavy atom. The van der Waals surface area contributed by atoms with E-state index in [1.165, 1.54) is 116 Å². The van der Waals surface area contributed by atoms with Gasteiger partial charge in [-0.1, -0.05) is 162 Å². The molecule has 2 aliphatic carbocycles. The quantitative estimate of drug-likeness (QED) is 0.155. The molecule has 1 heterocycles. The first-order valence-electron chi connectivity index (χ1n) is 20.9. The van der Waals surface area contributed by atoms with Gasteiger partial charge in [-0.2, -0.15) is 0 Å². The molecule has 0 spiro atoms. The van der Waals surface area contributed by atoms with Gasteiger partial charge in [0.15, 0.2) is 0 Å². The van der Waals surface area contributed by atoms with Crippen LogP contribution in [0.15, 0.2) is 158 Å². The van der Waals surface area contributed by atoms with E-state index in [2.05, 4.69) is 210 Å². The van der Waals surface area contributed by atoms with Gasteiger partial charge in [0, 0.05) is 27.6 Å². The molecule has 0 amide bonds. The van der Waals surface area contributed by atoms with E-state index in [0.717, 1.165) is 6.42 Å². The van der Waals surface area contributed by atoms with Crippen molar-refractivity contribution >= 4 is 38.5 Å². The molecule has 0 saturated heterocycles. The third kappa shape index (κ3) is 4.77. The Kier molecular flexibility index (Phi) is 7.51. The van der Waals surface area contributed by atoms with Gasteiger partial charge in [-0.3, -0.25) is 0 Å². The summed E-state index contributed by atoms with van der Waals surface area (Å²) in [5.74, 6) is 0. The fraction of sp³-hybridized carbons (Fsp3) is 0.158. The summed E-state index contributed by atoms with van der Waals surface area (Å²) in [6.45, 7) is 14.0. The fourth-order valence-electron chi connectivity index (χ4n) is 10.8. The number of aryl methyl sites for hydroxylation is 1. The predicted molar refractivity (Wildman–Crippen MR) is 248 cm³/mol. The summed E-state index contributed by atoms with van der Waals surface area (Å²) >= 11 is 0. The minimum atomic E-state index is -0.186. The SMILES string of the molecule is CC/C=C\c1c(C)c2ccccc2n1-c1ccc2c(c1)C(C)(C)c1cc(-c3c4ccccc4c(-c4ccc5c(c4)C(C)(C)c4ccccc4-5)c4ccccc34)ccc1-2. The maximum Gasteiger partial charge on any atom is 0.0537 e. The number of aromatic nitrogens is 1. The van der Waals surface area contributed by atoms with E-state index < -0.39 is 0 Å². The zero-order valence-electron chi connectivity index (χ0n) is 34.2. The topological polar surface area (TPSA) is 4.93 Å². The molecular weight excluding hydrogens is 699 g/mol. The molecule has 0 N–H and O–H groups in total. The average molecular weight is 746 g/mol. The molecule has 0 unspecified atom stereocenters. The first kappa shape index (κ1) is 34.8. The highest BCUT2D eigenvalue weighted by Gasteiger charge is 2.37. The zero-order chi connectivity index (χ0) is 39.5. The molecule has 0 bridgehead atoms. The average Bonchev–Trinajstić information content (AvgIpc) is 3.76. The first-order chi connectivity index (χ1) is 28.2. The van der Waals surface area contributed by atoms with E-state index in [-0.39, 0.29) is 10.8 Å². The summed E-state index contributed by atoms with van der Waals surface area (Å²) in [5.41, 5.74) is 20.9. The molecule has 2 aliphatic rings. The lowest BCUT2D eigenvalue weighted by Gasteiger charge is -2.24. The highest BCUT2D eigenvalue weighted by Crippen LogP contribution is 2.54. The van der Waals surface area contributed by atoms with Gasteiger partial charge in [0.1, 0.15) is 0 Å². The highest BCUT2D eigenvalue weighted by molar-refractivity contribution is 6.21. The second-order valence-electron chi connectivity index (χ2n) is 17.6. The zero-order valence-corrected chi connectivity index (χ0v) is 34.2. The molecule has 0 aliphatic heterocycles. The van der Waals surface area contributed by atoms with Crippen LogP contribution >= 0.6 is 0 Å². The molecule has 9 aromatic rings. The van der Waals surface area contributed by atoms with Crippen LogP contribution in [0.5, 0.6) is 0 Å². The third-order valence-electron chi connectivity index (χ3n) is 13.7. The van der Waals surface area contributed by atoms with Gasteiger partial charge in [-0.05, 0) is 144 Å². The van der Waals surface area contributed by atoms with Crippen LogP contribution in [0, 0.1) is 6.92 Å². The van der Waals surface area contributed by atoms with E-state index >= 15 is 0 Å². The van der Waals surface area contributed by atoms with Gasteiger partial charge in [-0.25, -0.2) is 0 Å². The van der Waals surface area contributed by atoms with Crippen molar-refractivity contribution in [1.82, 2.24) is 4.57 Å². The van der Waals surface area contributed by atoms with Crippen LogP contribution in [-0.2, 0) is 10.8 Å². The van der Waals surface area contributed by atoms with Crippen molar-refractivity contribution in [2.45, 2.75) is 58.8 Å². The third-order valence-corrected chi connectivity index (χ3v) is 13.7. The number of allylic oxidation sites excluding steroid dienone is 1. The first-order valence-corrected chi connectivity index (χ1v) is 20.9. The van der Waals surface area contributed by atoms with E-state index in [9.17, 15) is 0 Å². The molecule has 280 valence electrons. The molecule has 0 atom stereocenters. The summed E-state index contributed by atoms with van der Waals surface area (Å²) < 4.78 is 2.46. The van der Waals surface area contributed by atoms with Gasteiger partial charge >= 0.3 is 0 Å². The van der Waals surface area contributed by atoms with Crippen molar-refractivity contribution in [2.24, 2.45) is 0 Å². The van der Waals surface area contributed by atoms with E-state index in [1.54, 1.807) is 0 Å². The molecule has 0 fully saturated rings. The van der Waals surface area contributed by atoms with Crippen LogP contribution in [0.3, 0.4) is 0 Å². The summed E-state index contributed by atoms with van der Waals surface area (Å²) in [6.07, 6.45) is 5.58. The van der Waals surface area contributed by atoms with Crippen molar-refractivity contribution in [3.63, 3.8) is 0 Å². The van der Waals surface area contributed by atoms with E-state index in [0.29, 0.717) is 0 Å². The molecule has 8 aromatic carbocycles. The lowest BCUT2D eigenvalue weighted by molar-refractivity contribution is 0.660. The molecule has 0 radical (unpaired) electrons. The summed E-state index contributed by atoms with van der Waals surface area (Å²) in [6, 6.07) is 57.5. The van der Waals surface area contributed by atoms with Crippen LogP contribution in [0.4, 0.5) is 0 Å². The Morgan fingerprint density at radius 1 is 0.466 bits per heavy atom. The number of nitrogens with zero attached hydrogens (tertiary/aromatic N) is 1. The molecule has 58 heavy (non-hydrogen) atoms. The van der Waals surface area contributed by atoms with Crippen LogP contribution in [-0.4, -0.2) is 4.57 Å². The molecule has 0 saturated carbocycles. The number of para-hydroxylation sites is 1. The number of hydrogen-bond donors (Lipinski definition) is 0. The standard InChI is InChI=1S/C57H47N/c1-7-8-24-52-35(2)39-17-14-16-25-53(39)58(52)38-28-31-43-42-30-27-37(33-50(42)57(5,6)51(43)34-38)55-46-21-11-9-19-44(46)54(45-20-10-12-22-47(45)55)36-26-29-41-40-18-13-15-23-48(40)56(3,4)49(41)32-36/h8-34H,7H2,1-6H3/b24-8-. The largest absolute Gasteiger partial charge is 0.310 e. The summed E-state index contributed by atoms with van der Waals surface area (Å²) in [7, 11) is 0. The lowest BCUT2D eigenvalue weighted by Crippen LogP contribution is -2.15. The Labute approximate surface area is 341 Å². The normalized spacial score (nSPS) is 14.7. The lowest BCUT2D eigenvalue weighted by atomic mass is 9.79. The Hall–Kier alpha value is -6.44. The van der Waals surface area contributed by atoms with Crippen molar-refractivity contribution in [3.05, 3.63) is 191 Å². The van der Waals surface area contributed by atoms with Crippen LogP contribution in [0.2, 0.25) is 0 Å². The van der Waals surface area contributed by atoms with Crippen molar-refractivity contribution in [2.75, 3.05) is 0 Å². The second-order valence-corrected chi connectivity index (χ2v) is 17.6. The molecule has 1 nitrogen and oxygen atoms in total. The van der Waals surface area contributed by atoms with Crippen LogP contribution in [0.25, 0.3) is 88.7 Å². The van der Waals surface area contributed by atoms with Gasteiger partial charge in [0.2, 0.25) is 0 Å². The fourth-order valence-corrected chi connectivity index (χ4v) is 10.8. The van der Waals surface area contributed by atoms with Crippen molar-refractivity contribution in [1.29, 1.82) is 0 Å². The van der Waals surface area contributed by atoms with Crippen molar-refractivity contribution in [3.8, 4) is 50.2 Å². The predicted octanol–water partition coefficient (Wildman–Crippen LogP) is 15.6. The Bertz CT molecular complexity index is 3160. The highest BCUT2D eigenvalue weighted by atomic mass is 15.0. The minimum Gasteiger partial charge on any atom is -0.310 e. The minimum absolute atomic E-state index is 0.0634. The maximum atomic E-state index is 2.50. The number of fused-ring (bicyclic) bond motifs is 9. The van der Waals surface area contributed by atoms with Gasteiger partial charge in [0.05, 0.1) is 5.52 Å². The van der Waals surface area contributed by atoms with Crippen LogP contribution in [0.1, 0.15) is 74.6 Å². The smallest absolute Gasteiger partial charge is 0.0537 e. The maximum absolute atomic E-state index is 2.50. The number of hydrogen-bond acceptors (Lipinski definition) is 0. The Morgan fingerprint density at radius 2 is 0.914 bits per heavy atom. The van der Waals surface area contributed by atoms with E-state index in [1.807, 2.05) is 0 Å². The van der Waals surface area contributed by atoms with Gasteiger partial charge in [0.25, 0.3) is 0 Å². The van der Waals surface area contributed by atoms with E-state index in [4.69, 9.17) is 0 Å². The molecule has 11 rings (SSSR count).